The summed E-state index contributed by atoms with van der Waals surface area (Å²) in [6.45, 7) is 0. The quantitative estimate of drug-likeness (QED) is 0.407. The van der Waals surface area contributed by atoms with Gasteiger partial charge in [-0.1, -0.05) is 59.8 Å². The molecule has 0 aliphatic rings. The summed E-state index contributed by atoms with van der Waals surface area (Å²) in [6, 6.07) is 19.8. The first-order valence-electron chi connectivity index (χ1n) is 7.32. The highest BCUT2D eigenvalue weighted by atomic mass is 35.5. The number of para-hydroxylation sites is 2. The molecule has 24 heavy (non-hydrogen) atoms. The molecule has 4 rings (SSSR count). The fourth-order valence-corrected chi connectivity index (χ4v) is 3.53. The lowest BCUT2D eigenvalue weighted by Gasteiger charge is -2.06. The first-order valence-corrected chi connectivity index (χ1v) is 8.68. The Bertz CT molecular complexity index is 987. The van der Waals surface area contributed by atoms with Gasteiger partial charge in [-0.2, -0.15) is 4.68 Å². The minimum absolute atomic E-state index is 0.514. The van der Waals surface area contributed by atoms with Gasteiger partial charge in [-0.05, 0) is 34.7 Å². The van der Waals surface area contributed by atoms with Gasteiger partial charge < -0.3 is 0 Å². The summed E-state index contributed by atoms with van der Waals surface area (Å²) < 4.78 is 1.72. The van der Waals surface area contributed by atoms with Gasteiger partial charge in [0.05, 0.1) is 11.2 Å². The van der Waals surface area contributed by atoms with Crippen molar-refractivity contribution in [1.82, 2.24) is 25.2 Å². The van der Waals surface area contributed by atoms with Crippen molar-refractivity contribution in [2.45, 2.75) is 10.9 Å². The lowest BCUT2D eigenvalue weighted by molar-refractivity contribution is 0.756. The Hall–Kier alpha value is -2.44. The van der Waals surface area contributed by atoms with E-state index >= 15 is 0 Å². The molecule has 4 aromatic rings. The van der Waals surface area contributed by atoms with Gasteiger partial charge >= 0.3 is 0 Å². The van der Waals surface area contributed by atoms with Crippen molar-refractivity contribution < 1.29 is 0 Å². The van der Waals surface area contributed by atoms with Crippen LogP contribution in [0.25, 0.3) is 16.6 Å². The maximum atomic E-state index is 6.32. The summed E-state index contributed by atoms with van der Waals surface area (Å²) in [5.74, 6) is 0.643. The average molecular weight is 354 g/mol. The Morgan fingerprint density at radius 1 is 1.00 bits per heavy atom. The molecule has 0 saturated heterocycles. The van der Waals surface area contributed by atoms with Crippen molar-refractivity contribution in [2.75, 3.05) is 0 Å². The second-order valence-electron chi connectivity index (χ2n) is 5.13. The fourth-order valence-electron chi connectivity index (χ4n) is 2.38. The van der Waals surface area contributed by atoms with Gasteiger partial charge in [0.25, 0.3) is 0 Å². The van der Waals surface area contributed by atoms with Crippen molar-refractivity contribution in [3.05, 3.63) is 71.4 Å². The minimum Gasteiger partial charge on any atom is -0.236 e. The monoisotopic (exact) mass is 353 g/mol. The number of fused-ring (bicyclic) bond motifs is 1. The summed E-state index contributed by atoms with van der Waals surface area (Å²) >= 11 is 7.84. The smallest absolute Gasteiger partial charge is 0.214 e. The number of thioether (sulfide) groups is 1. The highest BCUT2D eigenvalue weighted by Crippen LogP contribution is 2.27. The first kappa shape index (κ1) is 15.1. The zero-order valence-corrected chi connectivity index (χ0v) is 14.1. The normalized spacial score (nSPS) is 11.0. The summed E-state index contributed by atoms with van der Waals surface area (Å²) in [4.78, 5) is 4.45. The third-order valence-corrected chi connectivity index (χ3v) is 4.84. The molecule has 118 valence electrons. The molecular formula is C17H12ClN5S. The Morgan fingerprint density at radius 3 is 2.67 bits per heavy atom. The molecule has 0 aliphatic carbocycles. The molecule has 0 N–H and O–H groups in total. The van der Waals surface area contributed by atoms with Crippen LogP contribution in [0.1, 0.15) is 5.56 Å². The van der Waals surface area contributed by atoms with Gasteiger partial charge in [-0.3, -0.25) is 0 Å². The molecule has 5 nitrogen and oxygen atoms in total. The third kappa shape index (κ3) is 2.98. The molecule has 2 aromatic heterocycles. The lowest BCUT2D eigenvalue weighted by Crippen LogP contribution is -1.99. The lowest BCUT2D eigenvalue weighted by atomic mass is 10.2. The van der Waals surface area contributed by atoms with Crippen LogP contribution in [0.2, 0.25) is 5.15 Å². The van der Waals surface area contributed by atoms with E-state index in [4.69, 9.17) is 11.6 Å². The van der Waals surface area contributed by atoms with Crippen molar-refractivity contribution in [2.24, 2.45) is 0 Å². The molecule has 0 radical (unpaired) electrons. The van der Waals surface area contributed by atoms with E-state index in [0.29, 0.717) is 16.1 Å². The Labute approximate surface area is 147 Å². The topological polar surface area (TPSA) is 56.5 Å². The van der Waals surface area contributed by atoms with Crippen LogP contribution in [0, 0.1) is 0 Å². The second-order valence-corrected chi connectivity index (χ2v) is 6.43. The number of pyridine rings is 1. The number of hydrogen-bond donors (Lipinski definition) is 0. The standard InChI is InChI=1S/C17H12ClN5S/c18-16-13(10-12-6-4-5-9-15(12)19-16)11-24-17-20-21-22-23(17)14-7-2-1-3-8-14/h1-10H,11H2. The fraction of sp³-hybridized carbons (Fsp3) is 0.0588. The van der Waals surface area contributed by atoms with E-state index in [1.807, 2.05) is 54.6 Å². The van der Waals surface area contributed by atoms with Gasteiger partial charge in [0.1, 0.15) is 5.15 Å². The summed E-state index contributed by atoms with van der Waals surface area (Å²) in [7, 11) is 0. The van der Waals surface area contributed by atoms with E-state index in [0.717, 1.165) is 22.2 Å². The Balaban J connectivity index is 1.60. The number of halogens is 1. The zero-order valence-electron chi connectivity index (χ0n) is 12.5. The summed E-state index contributed by atoms with van der Waals surface area (Å²) in [5, 5.41) is 14.2. The van der Waals surface area contributed by atoms with Gasteiger partial charge in [0, 0.05) is 16.7 Å². The largest absolute Gasteiger partial charge is 0.236 e. The van der Waals surface area contributed by atoms with E-state index in [9.17, 15) is 0 Å². The average Bonchev–Trinajstić information content (AvgIpc) is 3.09. The summed E-state index contributed by atoms with van der Waals surface area (Å²) in [6.07, 6.45) is 0. The number of nitrogens with zero attached hydrogens (tertiary/aromatic N) is 5. The molecule has 7 heteroatoms. The van der Waals surface area contributed by atoms with E-state index in [1.165, 1.54) is 11.8 Å². The third-order valence-electron chi connectivity index (χ3n) is 3.55. The molecule has 2 aromatic carbocycles. The number of benzene rings is 2. The van der Waals surface area contributed by atoms with Crippen LogP contribution in [-0.4, -0.2) is 25.2 Å². The first-order chi connectivity index (χ1) is 11.8. The molecule has 0 spiro atoms. The predicted molar refractivity (Wildman–Crippen MR) is 95.5 cm³/mol. The van der Waals surface area contributed by atoms with Crippen molar-refractivity contribution in [3.63, 3.8) is 0 Å². The van der Waals surface area contributed by atoms with E-state index < -0.39 is 0 Å². The maximum absolute atomic E-state index is 6.32. The molecule has 0 fully saturated rings. The van der Waals surface area contributed by atoms with Crippen LogP contribution in [0.4, 0.5) is 0 Å². The second kappa shape index (κ2) is 6.59. The van der Waals surface area contributed by atoms with Crippen LogP contribution >= 0.6 is 23.4 Å². The van der Waals surface area contributed by atoms with Crippen LogP contribution in [0.3, 0.4) is 0 Å². The Kier molecular flexibility index (Phi) is 4.15. The number of hydrogen-bond acceptors (Lipinski definition) is 5. The molecule has 0 aliphatic heterocycles. The highest BCUT2D eigenvalue weighted by Gasteiger charge is 2.11. The summed E-state index contributed by atoms with van der Waals surface area (Å²) in [5.41, 5.74) is 2.78. The van der Waals surface area contributed by atoms with Gasteiger partial charge in [-0.15, -0.1) is 5.10 Å². The van der Waals surface area contributed by atoms with Crippen molar-refractivity contribution >= 4 is 34.3 Å². The molecule has 0 unspecified atom stereocenters. The van der Waals surface area contributed by atoms with Crippen LogP contribution < -0.4 is 0 Å². The van der Waals surface area contributed by atoms with E-state index in [-0.39, 0.29) is 0 Å². The SMILES string of the molecule is Clc1nc2ccccc2cc1CSc1nnnn1-c1ccccc1. The number of tetrazole rings is 1. The predicted octanol–water partition coefficient (Wildman–Crippen LogP) is 4.16. The number of aromatic nitrogens is 5. The van der Waals surface area contributed by atoms with Crippen molar-refractivity contribution in [3.8, 4) is 5.69 Å². The van der Waals surface area contributed by atoms with E-state index in [1.54, 1.807) is 4.68 Å². The highest BCUT2D eigenvalue weighted by molar-refractivity contribution is 7.98. The van der Waals surface area contributed by atoms with Crippen LogP contribution in [0.15, 0.2) is 65.8 Å². The number of rotatable bonds is 4. The van der Waals surface area contributed by atoms with Crippen molar-refractivity contribution in [1.29, 1.82) is 0 Å². The van der Waals surface area contributed by atoms with Gasteiger partial charge in [-0.25, -0.2) is 4.98 Å². The maximum Gasteiger partial charge on any atom is 0.214 e. The molecule has 0 saturated carbocycles. The Morgan fingerprint density at radius 2 is 1.79 bits per heavy atom. The molecule has 0 amide bonds. The molecule has 0 bridgehead atoms. The zero-order chi connectivity index (χ0) is 16.4. The molecule has 0 atom stereocenters. The molecule has 2 heterocycles. The minimum atomic E-state index is 0.514. The molecular weight excluding hydrogens is 342 g/mol. The van der Waals surface area contributed by atoms with E-state index in [2.05, 4.69) is 26.6 Å². The van der Waals surface area contributed by atoms with Gasteiger partial charge in [0.15, 0.2) is 0 Å². The van der Waals surface area contributed by atoms with Crippen LogP contribution in [-0.2, 0) is 5.75 Å². The van der Waals surface area contributed by atoms with Crippen LogP contribution in [0.5, 0.6) is 0 Å². The van der Waals surface area contributed by atoms with Gasteiger partial charge in [0.2, 0.25) is 5.16 Å².